The molecule has 5 nitrogen and oxygen atoms in total. The molecule has 0 heterocycles. The van der Waals surface area contributed by atoms with Gasteiger partial charge in [-0.05, 0) is 42.7 Å². The summed E-state index contributed by atoms with van der Waals surface area (Å²) in [4.78, 5) is 25.4. The first-order valence-electron chi connectivity index (χ1n) is 7.96. The number of para-hydroxylation sites is 1. The van der Waals surface area contributed by atoms with Crippen LogP contribution in [0.1, 0.15) is 24.0 Å². The van der Waals surface area contributed by atoms with Gasteiger partial charge in [0, 0.05) is 30.8 Å². The second-order valence-electron chi connectivity index (χ2n) is 5.80. The highest BCUT2D eigenvalue weighted by Gasteiger charge is 2.17. The van der Waals surface area contributed by atoms with Crippen LogP contribution in [0.3, 0.4) is 0 Å². The van der Waals surface area contributed by atoms with Crippen molar-refractivity contribution in [2.24, 2.45) is 5.73 Å². The number of nitrogens with zero attached hydrogens (tertiary/aromatic N) is 1. The summed E-state index contributed by atoms with van der Waals surface area (Å²) < 4.78 is 0. The molecule has 0 spiro atoms. The van der Waals surface area contributed by atoms with Gasteiger partial charge in [0.2, 0.25) is 11.8 Å². The van der Waals surface area contributed by atoms with E-state index in [-0.39, 0.29) is 18.9 Å². The highest BCUT2D eigenvalue weighted by molar-refractivity contribution is 5.94. The third kappa shape index (κ3) is 4.84. The summed E-state index contributed by atoms with van der Waals surface area (Å²) in [5, 5.41) is 0. The Morgan fingerprint density at radius 2 is 1.79 bits per heavy atom. The average Bonchev–Trinajstić information content (AvgIpc) is 2.54. The minimum atomic E-state index is -0.423. The largest absolute Gasteiger partial charge is 0.399 e. The SMILES string of the molecule is Cc1cccc(N(CCC(N)=O)C(=O)CCc2ccccc2N)c1. The molecule has 4 N–H and O–H groups in total. The van der Waals surface area contributed by atoms with Crippen molar-refractivity contribution in [3.05, 3.63) is 59.7 Å². The molecule has 2 amide bonds. The average molecular weight is 325 g/mol. The van der Waals surface area contributed by atoms with E-state index in [9.17, 15) is 9.59 Å². The Morgan fingerprint density at radius 3 is 2.46 bits per heavy atom. The number of hydrogen-bond acceptors (Lipinski definition) is 3. The van der Waals surface area contributed by atoms with Crippen LogP contribution < -0.4 is 16.4 Å². The second kappa shape index (κ2) is 8.15. The summed E-state index contributed by atoms with van der Waals surface area (Å²) in [5.41, 5.74) is 14.6. The van der Waals surface area contributed by atoms with Gasteiger partial charge in [0.05, 0.1) is 0 Å². The van der Waals surface area contributed by atoms with E-state index >= 15 is 0 Å². The molecule has 126 valence electrons. The van der Waals surface area contributed by atoms with E-state index in [2.05, 4.69) is 0 Å². The maximum Gasteiger partial charge on any atom is 0.227 e. The third-order valence-corrected chi connectivity index (χ3v) is 3.86. The van der Waals surface area contributed by atoms with E-state index in [0.29, 0.717) is 18.5 Å². The number of hydrogen-bond donors (Lipinski definition) is 2. The quantitative estimate of drug-likeness (QED) is 0.766. The molecule has 0 aromatic heterocycles. The van der Waals surface area contributed by atoms with Gasteiger partial charge in [-0.2, -0.15) is 0 Å². The number of benzene rings is 2. The Morgan fingerprint density at radius 1 is 1.04 bits per heavy atom. The van der Waals surface area contributed by atoms with E-state index in [1.54, 1.807) is 4.90 Å². The van der Waals surface area contributed by atoms with E-state index in [4.69, 9.17) is 11.5 Å². The number of carbonyl (C=O) groups excluding carboxylic acids is 2. The Labute approximate surface area is 142 Å². The van der Waals surface area contributed by atoms with Gasteiger partial charge in [-0.25, -0.2) is 0 Å². The van der Waals surface area contributed by atoms with Crippen molar-refractivity contribution in [3.8, 4) is 0 Å². The molecule has 0 fully saturated rings. The van der Waals surface area contributed by atoms with Crippen LogP contribution in [-0.4, -0.2) is 18.4 Å². The number of aryl methyl sites for hydroxylation is 2. The smallest absolute Gasteiger partial charge is 0.227 e. The Balaban J connectivity index is 2.12. The fraction of sp³-hybridized carbons (Fsp3) is 0.263. The van der Waals surface area contributed by atoms with Gasteiger partial charge >= 0.3 is 0 Å². The maximum atomic E-state index is 12.7. The van der Waals surface area contributed by atoms with Gasteiger partial charge in [-0.15, -0.1) is 0 Å². The molecule has 2 aromatic carbocycles. The molecule has 0 aliphatic heterocycles. The second-order valence-corrected chi connectivity index (χ2v) is 5.80. The van der Waals surface area contributed by atoms with Crippen molar-refractivity contribution in [1.82, 2.24) is 0 Å². The zero-order valence-electron chi connectivity index (χ0n) is 13.9. The zero-order chi connectivity index (χ0) is 17.5. The van der Waals surface area contributed by atoms with Crippen molar-refractivity contribution < 1.29 is 9.59 Å². The molecular weight excluding hydrogens is 302 g/mol. The number of amides is 2. The summed E-state index contributed by atoms with van der Waals surface area (Å²) in [6.45, 7) is 2.24. The van der Waals surface area contributed by atoms with Gasteiger partial charge in [-0.1, -0.05) is 30.3 Å². The van der Waals surface area contributed by atoms with Crippen LogP contribution in [-0.2, 0) is 16.0 Å². The van der Waals surface area contributed by atoms with Crippen LogP contribution >= 0.6 is 0 Å². The maximum absolute atomic E-state index is 12.7. The van der Waals surface area contributed by atoms with E-state index < -0.39 is 5.91 Å². The lowest BCUT2D eigenvalue weighted by Gasteiger charge is -2.23. The molecule has 5 heteroatoms. The van der Waals surface area contributed by atoms with E-state index in [0.717, 1.165) is 16.8 Å². The predicted octanol–water partition coefficient (Wildman–Crippen LogP) is 2.42. The molecular formula is C19H23N3O2. The first-order valence-corrected chi connectivity index (χ1v) is 7.96. The molecule has 2 aromatic rings. The first-order chi connectivity index (χ1) is 11.5. The first kappa shape index (κ1) is 17.5. The molecule has 0 atom stereocenters. The molecule has 0 saturated heterocycles. The zero-order valence-corrected chi connectivity index (χ0v) is 13.9. The molecule has 0 unspecified atom stereocenters. The van der Waals surface area contributed by atoms with Crippen LogP contribution in [0.15, 0.2) is 48.5 Å². The fourth-order valence-corrected chi connectivity index (χ4v) is 2.55. The van der Waals surface area contributed by atoms with Crippen molar-refractivity contribution >= 4 is 23.2 Å². The van der Waals surface area contributed by atoms with Crippen molar-refractivity contribution in [2.45, 2.75) is 26.2 Å². The highest BCUT2D eigenvalue weighted by atomic mass is 16.2. The van der Waals surface area contributed by atoms with Crippen LogP contribution in [0.5, 0.6) is 0 Å². The number of anilines is 2. The van der Waals surface area contributed by atoms with Gasteiger partial charge in [-0.3, -0.25) is 9.59 Å². The van der Waals surface area contributed by atoms with Crippen LogP contribution in [0.2, 0.25) is 0 Å². The number of primary amides is 1. The number of rotatable bonds is 7. The monoisotopic (exact) mass is 325 g/mol. The standard InChI is InChI=1S/C19H23N3O2/c1-14-5-4-7-16(13-14)22(12-11-18(21)23)19(24)10-9-15-6-2-3-8-17(15)20/h2-8,13H,9-12,20H2,1H3,(H2,21,23). The van der Waals surface area contributed by atoms with Crippen LogP contribution in [0, 0.1) is 6.92 Å². The Bertz CT molecular complexity index is 728. The molecule has 0 aliphatic rings. The third-order valence-electron chi connectivity index (χ3n) is 3.86. The lowest BCUT2D eigenvalue weighted by atomic mass is 10.1. The van der Waals surface area contributed by atoms with Gasteiger partial charge in [0.15, 0.2) is 0 Å². The van der Waals surface area contributed by atoms with Crippen LogP contribution in [0.4, 0.5) is 11.4 Å². The number of nitrogens with two attached hydrogens (primary N) is 2. The molecule has 0 aliphatic carbocycles. The van der Waals surface area contributed by atoms with Crippen molar-refractivity contribution in [2.75, 3.05) is 17.2 Å². The number of carbonyl (C=O) groups is 2. The van der Waals surface area contributed by atoms with Gasteiger partial charge in [0.1, 0.15) is 0 Å². The van der Waals surface area contributed by atoms with E-state index in [1.165, 1.54) is 0 Å². The Kier molecular flexibility index (Phi) is 5.95. The summed E-state index contributed by atoms with van der Waals surface area (Å²) in [6.07, 6.45) is 1.01. The molecule has 24 heavy (non-hydrogen) atoms. The lowest BCUT2D eigenvalue weighted by Crippen LogP contribution is -2.34. The summed E-state index contributed by atoms with van der Waals surface area (Å²) in [6, 6.07) is 15.2. The Hall–Kier alpha value is -2.82. The predicted molar refractivity (Wildman–Crippen MR) is 96.5 cm³/mol. The molecule has 0 saturated carbocycles. The minimum Gasteiger partial charge on any atom is -0.399 e. The fourth-order valence-electron chi connectivity index (χ4n) is 2.55. The molecule has 2 rings (SSSR count). The minimum absolute atomic E-state index is 0.0508. The normalized spacial score (nSPS) is 10.4. The van der Waals surface area contributed by atoms with Crippen molar-refractivity contribution in [3.63, 3.8) is 0 Å². The van der Waals surface area contributed by atoms with Gasteiger partial charge in [0.25, 0.3) is 0 Å². The highest BCUT2D eigenvalue weighted by Crippen LogP contribution is 2.19. The summed E-state index contributed by atoms with van der Waals surface area (Å²) in [5.74, 6) is -0.474. The van der Waals surface area contributed by atoms with Gasteiger partial charge < -0.3 is 16.4 Å². The molecule has 0 bridgehead atoms. The lowest BCUT2D eigenvalue weighted by molar-refractivity contribution is -0.119. The van der Waals surface area contributed by atoms with E-state index in [1.807, 2.05) is 55.5 Å². The summed E-state index contributed by atoms with van der Waals surface area (Å²) in [7, 11) is 0. The number of nitrogen functional groups attached to an aromatic ring is 1. The summed E-state index contributed by atoms with van der Waals surface area (Å²) >= 11 is 0. The topological polar surface area (TPSA) is 89.4 Å². The van der Waals surface area contributed by atoms with Crippen LogP contribution in [0.25, 0.3) is 0 Å². The molecule has 0 radical (unpaired) electrons. The van der Waals surface area contributed by atoms with Crippen molar-refractivity contribution in [1.29, 1.82) is 0 Å².